The fourth-order valence-corrected chi connectivity index (χ4v) is 3.21. The summed E-state index contributed by atoms with van der Waals surface area (Å²) in [6, 6.07) is 8.56. The highest BCUT2D eigenvalue weighted by Crippen LogP contribution is 2.24. The number of methoxy groups -OCH3 is 1. The lowest BCUT2D eigenvalue weighted by Crippen LogP contribution is -2.44. The van der Waals surface area contributed by atoms with Gasteiger partial charge < -0.3 is 4.74 Å². The Hall–Kier alpha value is -1.35. The van der Waals surface area contributed by atoms with Crippen molar-refractivity contribution in [1.82, 2.24) is 4.90 Å². The minimum absolute atomic E-state index is 0.0946. The van der Waals surface area contributed by atoms with Crippen LogP contribution in [0.4, 0.5) is 0 Å². The van der Waals surface area contributed by atoms with Crippen LogP contribution in [0.3, 0.4) is 0 Å². The van der Waals surface area contributed by atoms with E-state index >= 15 is 0 Å². The van der Waals surface area contributed by atoms with Gasteiger partial charge in [-0.2, -0.15) is 0 Å². The standard InChI is InChI=1S/C18H27NO2/c1-14(13-15-9-7-8-12-18(15)21-3)19(2)16-10-5-4-6-11-17(16)20/h7-9,12,14,16H,4-6,10-11,13H2,1-3H3. The smallest absolute Gasteiger partial charge is 0.149 e. The van der Waals surface area contributed by atoms with Gasteiger partial charge in [-0.15, -0.1) is 0 Å². The van der Waals surface area contributed by atoms with Crippen LogP contribution in [0, 0.1) is 0 Å². The molecule has 1 saturated carbocycles. The van der Waals surface area contributed by atoms with E-state index in [9.17, 15) is 4.79 Å². The fraction of sp³-hybridized carbons (Fsp3) is 0.611. The molecule has 0 aliphatic heterocycles. The number of likely N-dealkylation sites (N-methyl/N-ethyl adjacent to an activating group) is 1. The van der Waals surface area contributed by atoms with Crippen molar-refractivity contribution in [2.45, 2.75) is 57.5 Å². The summed E-state index contributed by atoms with van der Waals surface area (Å²) in [6.07, 6.45) is 6.08. The SMILES string of the molecule is COc1ccccc1CC(C)N(C)C1CCCCCC1=O. The summed E-state index contributed by atoms with van der Waals surface area (Å²) in [6.45, 7) is 2.20. The minimum Gasteiger partial charge on any atom is -0.496 e. The molecule has 0 aromatic heterocycles. The van der Waals surface area contributed by atoms with Gasteiger partial charge in [-0.1, -0.05) is 31.0 Å². The van der Waals surface area contributed by atoms with Gasteiger partial charge in [0.25, 0.3) is 0 Å². The Morgan fingerprint density at radius 3 is 2.81 bits per heavy atom. The molecule has 2 atom stereocenters. The van der Waals surface area contributed by atoms with Gasteiger partial charge in [0, 0.05) is 12.5 Å². The van der Waals surface area contributed by atoms with E-state index in [2.05, 4.69) is 24.9 Å². The van der Waals surface area contributed by atoms with Crippen LogP contribution in [0.15, 0.2) is 24.3 Å². The molecule has 0 heterocycles. The van der Waals surface area contributed by atoms with Gasteiger partial charge in [0.05, 0.1) is 13.2 Å². The third-order valence-electron chi connectivity index (χ3n) is 4.67. The monoisotopic (exact) mass is 289 g/mol. The van der Waals surface area contributed by atoms with E-state index in [4.69, 9.17) is 4.74 Å². The van der Waals surface area contributed by atoms with Crippen LogP contribution in [-0.4, -0.2) is 36.9 Å². The summed E-state index contributed by atoms with van der Waals surface area (Å²) in [4.78, 5) is 14.5. The van der Waals surface area contributed by atoms with Crippen LogP contribution in [0.5, 0.6) is 5.75 Å². The highest BCUT2D eigenvalue weighted by atomic mass is 16.5. The van der Waals surface area contributed by atoms with Crippen molar-refractivity contribution in [3.63, 3.8) is 0 Å². The van der Waals surface area contributed by atoms with Crippen LogP contribution in [0.2, 0.25) is 0 Å². The number of nitrogens with zero attached hydrogens (tertiary/aromatic N) is 1. The van der Waals surface area contributed by atoms with Crippen molar-refractivity contribution in [3.05, 3.63) is 29.8 Å². The summed E-state index contributed by atoms with van der Waals surface area (Å²) >= 11 is 0. The van der Waals surface area contributed by atoms with Gasteiger partial charge in [-0.05, 0) is 44.9 Å². The molecule has 21 heavy (non-hydrogen) atoms. The number of rotatable bonds is 5. The second-order valence-corrected chi connectivity index (χ2v) is 6.11. The van der Waals surface area contributed by atoms with E-state index in [0.717, 1.165) is 31.4 Å². The number of ether oxygens (including phenoxy) is 1. The molecular formula is C18H27NO2. The molecular weight excluding hydrogens is 262 g/mol. The van der Waals surface area contributed by atoms with Crippen molar-refractivity contribution in [2.75, 3.05) is 14.2 Å². The van der Waals surface area contributed by atoms with E-state index in [1.165, 1.54) is 18.4 Å². The Labute approximate surface area is 128 Å². The van der Waals surface area contributed by atoms with Crippen molar-refractivity contribution in [3.8, 4) is 5.75 Å². The molecule has 2 rings (SSSR count). The first-order valence-corrected chi connectivity index (χ1v) is 8.00. The Kier molecular flexibility index (Phi) is 5.80. The van der Waals surface area contributed by atoms with Crippen LogP contribution in [0.25, 0.3) is 0 Å². The van der Waals surface area contributed by atoms with Gasteiger partial charge in [-0.3, -0.25) is 9.69 Å². The van der Waals surface area contributed by atoms with Gasteiger partial charge in [0.15, 0.2) is 0 Å². The zero-order valence-corrected chi connectivity index (χ0v) is 13.5. The second kappa shape index (κ2) is 7.60. The van der Waals surface area contributed by atoms with Crippen LogP contribution in [0.1, 0.15) is 44.6 Å². The lowest BCUT2D eigenvalue weighted by Gasteiger charge is -2.32. The fourth-order valence-electron chi connectivity index (χ4n) is 3.21. The number of hydrogen-bond acceptors (Lipinski definition) is 3. The van der Waals surface area contributed by atoms with Crippen LogP contribution in [-0.2, 0) is 11.2 Å². The molecule has 1 fully saturated rings. The molecule has 0 spiro atoms. The first-order valence-electron chi connectivity index (χ1n) is 8.00. The van der Waals surface area contributed by atoms with Gasteiger partial charge in [-0.25, -0.2) is 0 Å². The molecule has 0 saturated heterocycles. The van der Waals surface area contributed by atoms with E-state index in [-0.39, 0.29) is 6.04 Å². The summed E-state index contributed by atoms with van der Waals surface area (Å²) in [7, 11) is 3.80. The number of ketones is 1. The van der Waals surface area contributed by atoms with Crippen molar-refractivity contribution in [2.24, 2.45) is 0 Å². The molecule has 0 N–H and O–H groups in total. The average molecular weight is 289 g/mol. The highest BCUT2D eigenvalue weighted by molar-refractivity contribution is 5.84. The molecule has 0 bridgehead atoms. The molecule has 0 amide bonds. The molecule has 3 nitrogen and oxygen atoms in total. The zero-order chi connectivity index (χ0) is 15.2. The predicted molar refractivity (Wildman–Crippen MR) is 85.8 cm³/mol. The third-order valence-corrected chi connectivity index (χ3v) is 4.67. The number of carbonyl (C=O) groups is 1. The maximum Gasteiger partial charge on any atom is 0.149 e. The molecule has 1 aliphatic carbocycles. The number of carbonyl (C=O) groups excluding carboxylic acids is 1. The largest absolute Gasteiger partial charge is 0.496 e. The minimum atomic E-state index is 0.0946. The Morgan fingerprint density at radius 2 is 2.05 bits per heavy atom. The van der Waals surface area contributed by atoms with E-state index in [1.807, 2.05) is 18.2 Å². The lowest BCUT2D eigenvalue weighted by molar-refractivity contribution is -0.124. The quantitative estimate of drug-likeness (QED) is 0.777. The Balaban J connectivity index is 2.04. The van der Waals surface area contributed by atoms with Crippen LogP contribution >= 0.6 is 0 Å². The summed E-state index contributed by atoms with van der Waals surface area (Å²) < 4.78 is 5.43. The summed E-state index contributed by atoms with van der Waals surface area (Å²) in [5.41, 5.74) is 1.21. The van der Waals surface area contributed by atoms with E-state index in [1.54, 1.807) is 7.11 Å². The molecule has 1 aromatic rings. The first-order chi connectivity index (χ1) is 10.1. The highest BCUT2D eigenvalue weighted by Gasteiger charge is 2.27. The average Bonchev–Trinajstić information content (AvgIpc) is 2.71. The van der Waals surface area contributed by atoms with Gasteiger partial charge >= 0.3 is 0 Å². The number of benzene rings is 1. The maximum atomic E-state index is 12.3. The van der Waals surface area contributed by atoms with Crippen molar-refractivity contribution >= 4 is 5.78 Å². The number of para-hydroxylation sites is 1. The Morgan fingerprint density at radius 1 is 1.29 bits per heavy atom. The zero-order valence-electron chi connectivity index (χ0n) is 13.5. The molecule has 1 aliphatic rings. The summed E-state index contributed by atoms with van der Waals surface area (Å²) in [5, 5.41) is 0. The van der Waals surface area contributed by atoms with Crippen molar-refractivity contribution in [1.29, 1.82) is 0 Å². The first kappa shape index (κ1) is 16.0. The molecule has 116 valence electrons. The third kappa shape index (κ3) is 4.07. The predicted octanol–water partition coefficient (Wildman–Crippen LogP) is 3.46. The molecule has 2 unspecified atom stereocenters. The van der Waals surface area contributed by atoms with Gasteiger partial charge in [0.2, 0.25) is 0 Å². The molecule has 1 aromatic carbocycles. The molecule has 0 radical (unpaired) electrons. The lowest BCUT2D eigenvalue weighted by atomic mass is 10.0. The van der Waals surface area contributed by atoms with E-state index < -0.39 is 0 Å². The van der Waals surface area contributed by atoms with Gasteiger partial charge in [0.1, 0.15) is 11.5 Å². The Bertz CT molecular complexity index is 472. The topological polar surface area (TPSA) is 29.5 Å². The van der Waals surface area contributed by atoms with E-state index in [0.29, 0.717) is 11.8 Å². The maximum absolute atomic E-state index is 12.3. The number of hydrogen-bond donors (Lipinski definition) is 0. The molecule has 3 heteroatoms. The van der Waals surface area contributed by atoms with Crippen molar-refractivity contribution < 1.29 is 9.53 Å². The number of Topliss-reactive ketones (excluding diaryl/α,β-unsaturated/α-hetero) is 1. The second-order valence-electron chi connectivity index (χ2n) is 6.11. The normalized spacial score (nSPS) is 21.1. The summed E-state index contributed by atoms with van der Waals surface area (Å²) in [5.74, 6) is 1.35. The van der Waals surface area contributed by atoms with Crippen LogP contribution < -0.4 is 4.74 Å².